The normalized spacial score (nSPS) is 17.8. The molecule has 0 spiro atoms. The minimum atomic E-state index is -2.95. The Morgan fingerprint density at radius 1 is 0.727 bits per heavy atom. The van der Waals surface area contributed by atoms with Crippen molar-refractivity contribution in [1.82, 2.24) is 0 Å². The maximum Gasteiger partial charge on any atom is 0.292 e. The van der Waals surface area contributed by atoms with Crippen LogP contribution in [0.3, 0.4) is 0 Å². The summed E-state index contributed by atoms with van der Waals surface area (Å²) in [4.78, 5) is 0. The lowest BCUT2D eigenvalue weighted by atomic mass is 10.2. The standard InChI is InChI=1S/C23H32NO8P/c1-24(33(3,25)26-2)19-8-9-22-23(18-19)32-17-13-28-11-15-30-21-7-5-4-6-20(21)29-14-10-27-12-16-31-22/h4-9,18H,10-17H2,1-3H3. The van der Waals surface area contributed by atoms with Crippen molar-refractivity contribution in [3.63, 3.8) is 0 Å². The van der Waals surface area contributed by atoms with Crippen molar-refractivity contribution in [2.75, 3.05) is 78.3 Å². The van der Waals surface area contributed by atoms with Crippen LogP contribution < -0.4 is 23.6 Å². The quantitative estimate of drug-likeness (QED) is 0.607. The molecule has 0 saturated carbocycles. The first-order valence-corrected chi connectivity index (χ1v) is 12.8. The Bertz CT molecular complexity index is 925. The molecule has 9 nitrogen and oxygen atoms in total. The summed E-state index contributed by atoms with van der Waals surface area (Å²) in [7, 11) is 0.186. The van der Waals surface area contributed by atoms with Crippen molar-refractivity contribution < 1.29 is 37.5 Å². The number of rotatable bonds is 3. The molecule has 0 aliphatic carbocycles. The Morgan fingerprint density at radius 2 is 1.18 bits per heavy atom. The van der Waals surface area contributed by atoms with Gasteiger partial charge in [-0.25, -0.2) is 0 Å². The van der Waals surface area contributed by atoms with Crippen LogP contribution in [0.15, 0.2) is 42.5 Å². The molecule has 0 amide bonds. The molecule has 3 rings (SSSR count). The molecule has 2 aromatic carbocycles. The molecule has 0 fully saturated rings. The molecule has 0 radical (unpaired) electrons. The molecule has 1 aliphatic rings. The number of fused-ring (bicyclic) bond motifs is 2. The highest BCUT2D eigenvalue weighted by Gasteiger charge is 2.22. The number of ether oxygens (including phenoxy) is 6. The molecule has 1 heterocycles. The second-order valence-corrected chi connectivity index (χ2v) is 9.78. The maximum absolute atomic E-state index is 12.6. The van der Waals surface area contributed by atoms with E-state index < -0.39 is 7.52 Å². The third-order valence-corrected chi connectivity index (χ3v) is 6.97. The van der Waals surface area contributed by atoms with Crippen LogP contribution in [0.4, 0.5) is 5.69 Å². The van der Waals surface area contributed by atoms with Crippen molar-refractivity contribution in [1.29, 1.82) is 0 Å². The minimum Gasteiger partial charge on any atom is -0.487 e. The first kappa shape index (κ1) is 25.2. The largest absolute Gasteiger partial charge is 0.487 e. The van der Waals surface area contributed by atoms with Gasteiger partial charge >= 0.3 is 0 Å². The predicted molar refractivity (Wildman–Crippen MR) is 125 cm³/mol. The van der Waals surface area contributed by atoms with Gasteiger partial charge in [-0.1, -0.05) is 12.1 Å². The first-order valence-electron chi connectivity index (χ1n) is 10.8. The van der Waals surface area contributed by atoms with Crippen molar-refractivity contribution in [2.45, 2.75) is 0 Å². The molecule has 33 heavy (non-hydrogen) atoms. The number of para-hydroxylation sites is 2. The van der Waals surface area contributed by atoms with Gasteiger partial charge in [0.2, 0.25) is 0 Å². The zero-order valence-electron chi connectivity index (χ0n) is 19.4. The molecule has 1 unspecified atom stereocenters. The summed E-state index contributed by atoms with van der Waals surface area (Å²) in [6.45, 7) is 4.56. The minimum absolute atomic E-state index is 0.313. The number of anilines is 1. The van der Waals surface area contributed by atoms with E-state index in [-0.39, 0.29) is 0 Å². The smallest absolute Gasteiger partial charge is 0.292 e. The molecule has 0 aromatic heterocycles. The number of hydrogen-bond donors (Lipinski definition) is 0. The Morgan fingerprint density at radius 3 is 1.67 bits per heavy atom. The van der Waals surface area contributed by atoms with E-state index in [1.54, 1.807) is 30.5 Å². The van der Waals surface area contributed by atoms with Gasteiger partial charge in [-0.15, -0.1) is 0 Å². The number of hydrogen-bond acceptors (Lipinski definition) is 8. The molecule has 182 valence electrons. The van der Waals surface area contributed by atoms with E-state index in [4.69, 9.17) is 32.9 Å². The molecular formula is C23H32NO8P. The van der Waals surface area contributed by atoms with Gasteiger partial charge in [0.05, 0.1) is 26.4 Å². The Hall–Kier alpha value is -2.45. The second-order valence-electron chi connectivity index (χ2n) is 7.21. The number of nitrogens with zero attached hydrogens (tertiary/aromatic N) is 1. The van der Waals surface area contributed by atoms with Crippen molar-refractivity contribution >= 4 is 13.2 Å². The van der Waals surface area contributed by atoms with Crippen LogP contribution >= 0.6 is 7.52 Å². The van der Waals surface area contributed by atoms with Gasteiger partial charge in [0.1, 0.15) is 26.4 Å². The fourth-order valence-electron chi connectivity index (χ4n) is 3.00. The van der Waals surface area contributed by atoms with Gasteiger partial charge < -0.3 is 37.6 Å². The fraction of sp³-hybridized carbons (Fsp3) is 0.478. The van der Waals surface area contributed by atoms with Crippen LogP contribution in [0.5, 0.6) is 23.0 Å². The summed E-state index contributed by atoms with van der Waals surface area (Å²) in [5, 5.41) is 0. The summed E-state index contributed by atoms with van der Waals surface area (Å²) < 4.78 is 53.9. The van der Waals surface area contributed by atoms with Gasteiger partial charge in [-0.3, -0.25) is 4.57 Å². The molecule has 0 N–H and O–H groups in total. The van der Waals surface area contributed by atoms with E-state index >= 15 is 0 Å². The highest BCUT2D eigenvalue weighted by Crippen LogP contribution is 2.48. The van der Waals surface area contributed by atoms with Crippen molar-refractivity contribution in [2.24, 2.45) is 0 Å². The summed E-state index contributed by atoms with van der Waals surface area (Å²) in [6, 6.07) is 12.9. The highest BCUT2D eigenvalue weighted by atomic mass is 31.2. The third kappa shape index (κ3) is 7.54. The Balaban J connectivity index is 1.66. The molecule has 0 saturated heterocycles. The summed E-state index contributed by atoms with van der Waals surface area (Å²) in [5.41, 5.74) is 0.688. The van der Waals surface area contributed by atoms with Gasteiger partial charge in [0, 0.05) is 32.6 Å². The van der Waals surface area contributed by atoms with Crippen LogP contribution in [0.25, 0.3) is 0 Å². The predicted octanol–water partition coefficient (Wildman–Crippen LogP) is 3.85. The SMILES string of the molecule is COP(C)(=O)N(C)c1ccc2c(c1)OCCOCCOc1ccccc1OCCOCCO2. The zero-order chi connectivity index (χ0) is 23.5. The van der Waals surface area contributed by atoms with Crippen LogP contribution in [0, 0.1) is 0 Å². The Kier molecular flexibility index (Phi) is 9.69. The van der Waals surface area contributed by atoms with Crippen LogP contribution in [0.2, 0.25) is 0 Å². The van der Waals surface area contributed by atoms with Crippen LogP contribution in [0.1, 0.15) is 0 Å². The third-order valence-electron chi connectivity index (χ3n) is 4.97. The lowest BCUT2D eigenvalue weighted by molar-refractivity contribution is 0.0640. The summed E-state index contributed by atoms with van der Waals surface area (Å²) in [6.07, 6.45) is 0. The topological polar surface area (TPSA) is 84.9 Å². The average molecular weight is 481 g/mol. The lowest BCUT2D eigenvalue weighted by Crippen LogP contribution is -2.16. The van der Waals surface area contributed by atoms with Crippen LogP contribution in [-0.4, -0.2) is 73.7 Å². The summed E-state index contributed by atoms with van der Waals surface area (Å²) in [5.74, 6) is 2.42. The van der Waals surface area contributed by atoms with Gasteiger partial charge in [0.15, 0.2) is 23.0 Å². The van der Waals surface area contributed by atoms with Gasteiger partial charge in [-0.2, -0.15) is 0 Å². The lowest BCUT2D eigenvalue weighted by Gasteiger charge is -2.26. The maximum atomic E-state index is 12.6. The van der Waals surface area contributed by atoms with E-state index in [9.17, 15) is 4.57 Å². The molecule has 2 aromatic rings. The monoisotopic (exact) mass is 481 g/mol. The van der Waals surface area contributed by atoms with Gasteiger partial charge in [-0.05, 0) is 24.3 Å². The Labute approximate surface area is 194 Å². The molecule has 1 atom stereocenters. The molecule has 1 aliphatic heterocycles. The van der Waals surface area contributed by atoms with E-state index in [0.717, 1.165) is 0 Å². The highest BCUT2D eigenvalue weighted by molar-refractivity contribution is 7.59. The van der Waals surface area contributed by atoms with Crippen LogP contribution in [-0.2, 0) is 18.6 Å². The zero-order valence-corrected chi connectivity index (χ0v) is 20.3. The van der Waals surface area contributed by atoms with E-state index in [2.05, 4.69) is 0 Å². The van der Waals surface area contributed by atoms with Gasteiger partial charge in [0.25, 0.3) is 7.52 Å². The molecular weight excluding hydrogens is 449 g/mol. The van der Waals surface area contributed by atoms with Crippen molar-refractivity contribution in [3.8, 4) is 23.0 Å². The fourth-order valence-corrected chi connectivity index (χ4v) is 3.79. The number of benzene rings is 2. The second kappa shape index (κ2) is 12.7. The molecule has 10 heteroatoms. The molecule has 0 bridgehead atoms. The first-order chi connectivity index (χ1) is 16.0. The average Bonchev–Trinajstić information content (AvgIpc) is 2.83. The van der Waals surface area contributed by atoms with E-state index in [1.807, 2.05) is 30.3 Å². The van der Waals surface area contributed by atoms with Crippen molar-refractivity contribution in [3.05, 3.63) is 42.5 Å². The van der Waals surface area contributed by atoms with E-state index in [0.29, 0.717) is 81.5 Å². The van der Waals surface area contributed by atoms with E-state index in [1.165, 1.54) is 7.11 Å². The summed E-state index contributed by atoms with van der Waals surface area (Å²) >= 11 is 0.